The van der Waals surface area contributed by atoms with Crippen molar-refractivity contribution in [3.63, 3.8) is 0 Å². The third-order valence-corrected chi connectivity index (χ3v) is 3.73. The van der Waals surface area contributed by atoms with Crippen LogP contribution in [0, 0.1) is 12.8 Å². The van der Waals surface area contributed by atoms with E-state index in [1.165, 1.54) is 0 Å². The second-order valence-corrected chi connectivity index (χ2v) is 4.89. The number of nitrogen functional groups attached to an aromatic ring is 1. The number of aromatic nitrogens is 4. The van der Waals surface area contributed by atoms with Crippen LogP contribution in [0.4, 0.5) is 5.95 Å². The maximum absolute atomic E-state index is 11.7. The van der Waals surface area contributed by atoms with E-state index in [9.17, 15) is 9.90 Å². The Balaban J connectivity index is 2.14. The van der Waals surface area contributed by atoms with Gasteiger partial charge in [0.2, 0.25) is 5.95 Å². The van der Waals surface area contributed by atoms with Crippen LogP contribution in [-0.4, -0.2) is 42.4 Å². The van der Waals surface area contributed by atoms with E-state index in [-0.39, 0.29) is 30.0 Å². The number of aromatic amines is 1. The van der Waals surface area contributed by atoms with Gasteiger partial charge in [0, 0.05) is 12.5 Å². The molecule has 1 fully saturated rings. The first-order chi connectivity index (χ1) is 9.02. The van der Waals surface area contributed by atoms with Crippen molar-refractivity contribution in [3.05, 3.63) is 16.2 Å². The van der Waals surface area contributed by atoms with Crippen LogP contribution in [0.2, 0.25) is 0 Å². The van der Waals surface area contributed by atoms with Crippen molar-refractivity contribution in [1.82, 2.24) is 19.5 Å². The third-order valence-electron chi connectivity index (χ3n) is 3.73. The van der Waals surface area contributed by atoms with Crippen LogP contribution >= 0.6 is 0 Å². The number of nitrogens with zero attached hydrogens (tertiary/aromatic N) is 3. The number of hydrogen-bond donors (Lipinski definition) is 4. The van der Waals surface area contributed by atoms with E-state index >= 15 is 0 Å². The third kappa shape index (κ3) is 1.64. The summed E-state index contributed by atoms with van der Waals surface area (Å²) >= 11 is 0. The molecule has 2 heterocycles. The Labute approximate surface area is 107 Å². The number of fused-ring (bicyclic) bond motifs is 1. The molecule has 0 amide bonds. The summed E-state index contributed by atoms with van der Waals surface area (Å²) in [5.41, 5.74) is 5.74. The standard InChI is InChI=1S/C11H15N5O3/c1-4-13-7-9(14-11(12)15-10(7)19)16(4)6-2-5(3-17)8(6)18/h5-6,8,17-18H,2-3H2,1H3,(H3,12,14,15,19)/t5-,6-,8-/m0/s1. The summed E-state index contributed by atoms with van der Waals surface area (Å²) in [6.07, 6.45) is -0.0401. The predicted octanol–water partition coefficient (Wildman–Crippen LogP) is -1.08. The van der Waals surface area contributed by atoms with Gasteiger partial charge >= 0.3 is 0 Å². The minimum Gasteiger partial charge on any atom is -0.396 e. The van der Waals surface area contributed by atoms with Gasteiger partial charge in [-0.2, -0.15) is 4.98 Å². The molecule has 0 aliphatic heterocycles. The van der Waals surface area contributed by atoms with E-state index in [4.69, 9.17) is 10.8 Å². The van der Waals surface area contributed by atoms with E-state index in [1.807, 2.05) is 0 Å². The number of anilines is 1. The van der Waals surface area contributed by atoms with Crippen molar-refractivity contribution in [2.45, 2.75) is 25.5 Å². The Bertz CT molecular complexity index is 691. The molecule has 0 aromatic carbocycles. The lowest BCUT2D eigenvalue weighted by Gasteiger charge is -2.41. The molecule has 8 nitrogen and oxygen atoms in total. The molecule has 0 spiro atoms. The van der Waals surface area contributed by atoms with Crippen LogP contribution in [0.25, 0.3) is 11.2 Å². The Hall–Kier alpha value is -1.93. The molecular formula is C11H15N5O3. The normalized spacial score (nSPS) is 26.6. The fraction of sp³-hybridized carbons (Fsp3) is 0.545. The number of rotatable bonds is 2. The molecule has 8 heteroatoms. The van der Waals surface area contributed by atoms with Crippen molar-refractivity contribution in [2.24, 2.45) is 5.92 Å². The SMILES string of the molecule is Cc1nc2c(=O)[nH]c(N)nc2n1[C@H]1C[C@@H](CO)[C@@H]1O. The van der Waals surface area contributed by atoms with Crippen LogP contribution in [0.15, 0.2) is 4.79 Å². The van der Waals surface area contributed by atoms with Gasteiger partial charge in [0.1, 0.15) is 5.82 Å². The molecule has 0 saturated heterocycles. The lowest BCUT2D eigenvalue weighted by molar-refractivity contribution is -0.0556. The summed E-state index contributed by atoms with van der Waals surface area (Å²) in [5, 5.41) is 19.1. The molecule has 19 heavy (non-hydrogen) atoms. The predicted molar refractivity (Wildman–Crippen MR) is 67.5 cm³/mol. The molecule has 2 aromatic rings. The summed E-state index contributed by atoms with van der Waals surface area (Å²) < 4.78 is 1.72. The molecule has 2 aromatic heterocycles. The number of nitrogens with one attached hydrogen (secondary N) is 1. The zero-order valence-corrected chi connectivity index (χ0v) is 10.4. The van der Waals surface area contributed by atoms with Crippen molar-refractivity contribution >= 4 is 17.1 Å². The van der Waals surface area contributed by atoms with Crippen LogP contribution in [0.1, 0.15) is 18.3 Å². The van der Waals surface area contributed by atoms with Gasteiger partial charge < -0.3 is 20.5 Å². The molecule has 0 bridgehead atoms. The monoisotopic (exact) mass is 265 g/mol. The topological polar surface area (TPSA) is 130 Å². The molecular weight excluding hydrogens is 250 g/mol. The van der Waals surface area contributed by atoms with Crippen LogP contribution in [-0.2, 0) is 0 Å². The second-order valence-electron chi connectivity index (χ2n) is 4.89. The van der Waals surface area contributed by atoms with Crippen molar-refractivity contribution < 1.29 is 10.2 Å². The minimum atomic E-state index is -0.664. The van der Waals surface area contributed by atoms with Gasteiger partial charge in [-0.25, -0.2) is 4.98 Å². The number of aliphatic hydroxyl groups excluding tert-OH is 2. The largest absolute Gasteiger partial charge is 0.396 e. The second kappa shape index (κ2) is 4.04. The summed E-state index contributed by atoms with van der Waals surface area (Å²) in [5.74, 6) is 0.478. The molecule has 3 rings (SSSR count). The summed E-state index contributed by atoms with van der Waals surface area (Å²) in [4.78, 5) is 22.4. The van der Waals surface area contributed by atoms with Gasteiger partial charge in [-0.15, -0.1) is 0 Å². The quantitative estimate of drug-likeness (QED) is 0.546. The van der Waals surface area contributed by atoms with E-state index in [0.29, 0.717) is 17.9 Å². The average Bonchev–Trinajstić information content (AvgIpc) is 2.66. The number of nitrogens with two attached hydrogens (primary N) is 1. The van der Waals surface area contributed by atoms with Crippen molar-refractivity contribution in [2.75, 3.05) is 12.3 Å². The zero-order valence-electron chi connectivity index (χ0n) is 10.4. The highest BCUT2D eigenvalue weighted by atomic mass is 16.3. The number of hydrogen-bond acceptors (Lipinski definition) is 6. The Morgan fingerprint density at radius 2 is 2.26 bits per heavy atom. The average molecular weight is 265 g/mol. The Kier molecular flexibility index (Phi) is 2.58. The Morgan fingerprint density at radius 1 is 1.53 bits per heavy atom. The lowest BCUT2D eigenvalue weighted by Crippen LogP contribution is -2.45. The number of aryl methyl sites for hydroxylation is 1. The number of H-pyrrole nitrogens is 1. The highest BCUT2D eigenvalue weighted by Crippen LogP contribution is 2.39. The number of aliphatic hydroxyl groups is 2. The van der Waals surface area contributed by atoms with E-state index in [2.05, 4.69) is 15.0 Å². The molecule has 1 aliphatic rings. The molecule has 3 atom stereocenters. The van der Waals surface area contributed by atoms with E-state index in [0.717, 1.165) is 0 Å². The first kappa shape index (κ1) is 12.1. The molecule has 0 unspecified atom stereocenters. The van der Waals surface area contributed by atoms with Gasteiger partial charge in [-0.3, -0.25) is 9.78 Å². The van der Waals surface area contributed by atoms with E-state index in [1.54, 1.807) is 11.5 Å². The lowest BCUT2D eigenvalue weighted by atomic mass is 9.77. The van der Waals surface area contributed by atoms with Gasteiger partial charge in [0.15, 0.2) is 11.2 Å². The Morgan fingerprint density at radius 3 is 2.89 bits per heavy atom. The van der Waals surface area contributed by atoms with Crippen LogP contribution in [0.3, 0.4) is 0 Å². The molecule has 102 valence electrons. The summed E-state index contributed by atoms with van der Waals surface area (Å²) in [6.45, 7) is 1.69. The molecule has 5 N–H and O–H groups in total. The van der Waals surface area contributed by atoms with Crippen molar-refractivity contribution in [1.29, 1.82) is 0 Å². The smallest absolute Gasteiger partial charge is 0.280 e. The number of imidazole rings is 1. The minimum absolute atomic E-state index is 0.0196. The first-order valence-corrected chi connectivity index (χ1v) is 6.06. The highest BCUT2D eigenvalue weighted by molar-refractivity contribution is 5.71. The fourth-order valence-corrected chi connectivity index (χ4v) is 2.65. The van der Waals surface area contributed by atoms with Gasteiger partial charge in [0.25, 0.3) is 5.56 Å². The van der Waals surface area contributed by atoms with Gasteiger partial charge in [-0.05, 0) is 13.3 Å². The molecule has 0 radical (unpaired) electrons. The zero-order chi connectivity index (χ0) is 13.7. The maximum Gasteiger partial charge on any atom is 0.280 e. The summed E-state index contributed by atoms with van der Waals surface area (Å²) in [7, 11) is 0. The highest BCUT2D eigenvalue weighted by Gasteiger charge is 2.42. The van der Waals surface area contributed by atoms with Gasteiger partial charge in [0.05, 0.1) is 12.1 Å². The fourth-order valence-electron chi connectivity index (χ4n) is 2.65. The van der Waals surface area contributed by atoms with E-state index < -0.39 is 11.7 Å². The molecule has 1 aliphatic carbocycles. The van der Waals surface area contributed by atoms with Crippen molar-refractivity contribution in [3.8, 4) is 0 Å². The van der Waals surface area contributed by atoms with Crippen LogP contribution in [0.5, 0.6) is 0 Å². The van der Waals surface area contributed by atoms with Gasteiger partial charge in [-0.1, -0.05) is 0 Å². The maximum atomic E-state index is 11.7. The first-order valence-electron chi connectivity index (χ1n) is 6.06. The summed E-state index contributed by atoms with van der Waals surface area (Å²) in [6, 6.07) is -0.226. The van der Waals surface area contributed by atoms with Crippen LogP contribution < -0.4 is 11.3 Å². The molecule has 1 saturated carbocycles.